The van der Waals surface area contributed by atoms with Gasteiger partial charge in [0.2, 0.25) is 5.40 Å². The van der Waals surface area contributed by atoms with Crippen LogP contribution in [0, 0.1) is 0 Å². The lowest BCUT2D eigenvalue weighted by Gasteiger charge is -2.48. The van der Waals surface area contributed by atoms with Crippen molar-refractivity contribution in [2.45, 2.75) is 5.40 Å². The fourth-order valence-corrected chi connectivity index (χ4v) is 4.32. The number of rotatable bonds is 4. The molecule has 0 spiro atoms. The van der Waals surface area contributed by atoms with Gasteiger partial charge in [-0.05, 0) is 12.1 Å². The summed E-state index contributed by atoms with van der Waals surface area (Å²) in [5, 5.41) is -0.233. The first-order chi connectivity index (χ1) is 8.12. The lowest BCUT2D eigenvalue weighted by molar-refractivity contribution is -0.428. The van der Waals surface area contributed by atoms with Crippen molar-refractivity contribution in [3.8, 4) is 0 Å². The zero-order valence-electron chi connectivity index (χ0n) is 8.79. The second kappa shape index (κ2) is 5.79. The Labute approximate surface area is 110 Å². The van der Waals surface area contributed by atoms with E-state index >= 15 is 0 Å². The molecule has 1 atom stereocenters. The van der Waals surface area contributed by atoms with E-state index in [4.69, 9.17) is 9.79 Å². The van der Waals surface area contributed by atoms with Gasteiger partial charge in [0.15, 0.2) is 4.99 Å². The Hall–Kier alpha value is -0.270. The highest BCUT2D eigenvalue weighted by Crippen LogP contribution is 2.60. The number of thiocarbonyl (C=S) groups is 1. The van der Waals surface area contributed by atoms with Crippen LogP contribution in [0.4, 0.5) is 5.69 Å². The molecular formula is C8H9NO6P2S-2. The Morgan fingerprint density at radius 3 is 2.00 bits per heavy atom. The molecule has 10 heteroatoms. The third-order valence-corrected chi connectivity index (χ3v) is 6.08. The van der Waals surface area contributed by atoms with Gasteiger partial charge in [0.25, 0.3) is 7.94 Å². The van der Waals surface area contributed by atoms with Crippen LogP contribution in [0.1, 0.15) is 0 Å². The van der Waals surface area contributed by atoms with Crippen LogP contribution in [0.25, 0.3) is 0 Å². The molecule has 0 aliphatic heterocycles. The van der Waals surface area contributed by atoms with Crippen LogP contribution in [0.5, 0.6) is 0 Å². The Bertz CT molecular complexity index is 404. The van der Waals surface area contributed by atoms with E-state index < -0.39 is 26.3 Å². The molecule has 0 saturated carbocycles. The summed E-state index contributed by atoms with van der Waals surface area (Å²) in [6, 6.07) is 7.89. The van der Waals surface area contributed by atoms with Crippen LogP contribution in [-0.2, 0) is 0 Å². The van der Waals surface area contributed by atoms with Gasteiger partial charge in [0, 0.05) is 5.69 Å². The van der Waals surface area contributed by atoms with E-state index in [0.717, 1.165) is 0 Å². The van der Waals surface area contributed by atoms with Gasteiger partial charge in [0.05, 0.1) is 0 Å². The van der Waals surface area contributed by atoms with Crippen molar-refractivity contribution in [3.63, 3.8) is 0 Å². The minimum absolute atomic E-state index is 0.328. The van der Waals surface area contributed by atoms with Crippen molar-refractivity contribution < 1.29 is 29.4 Å². The number of para-hydroxylation sites is 1. The largest absolute Gasteiger partial charge is 0.684 e. The normalized spacial score (nSPS) is 14.1. The lowest BCUT2D eigenvalue weighted by atomic mass is 10.3. The van der Waals surface area contributed by atoms with Crippen LogP contribution >= 0.6 is 28.1 Å². The number of hydrogen-bond acceptors (Lipinski definition) is 7. The number of hydrogen-bond donors (Lipinski definition) is 3. The van der Waals surface area contributed by atoms with Gasteiger partial charge in [0.1, 0.15) is 0 Å². The molecule has 3 N–H and O–H groups in total. The Morgan fingerprint density at radius 1 is 1.11 bits per heavy atom. The topological polar surface area (TPSA) is 145 Å². The van der Waals surface area contributed by atoms with E-state index in [9.17, 15) is 19.6 Å². The van der Waals surface area contributed by atoms with Gasteiger partial charge in [-0.2, -0.15) is 0 Å². The van der Waals surface area contributed by atoms with E-state index in [-0.39, 0.29) is 0 Å². The molecule has 0 fully saturated rings. The van der Waals surface area contributed by atoms with Crippen LogP contribution < -0.4 is 24.9 Å². The van der Waals surface area contributed by atoms with Gasteiger partial charge in [-0.1, -0.05) is 30.4 Å². The summed E-state index contributed by atoms with van der Waals surface area (Å²) in [4.78, 5) is 60.6. The summed E-state index contributed by atoms with van der Waals surface area (Å²) in [5.74, 6) is 0. The summed E-state index contributed by atoms with van der Waals surface area (Å²) >= 11 is 4.58. The van der Waals surface area contributed by atoms with Crippen molar-refractivity contribution in [2.24, 2.45) is 0 Å². The summed E-state index contributed by atoms with van der Waals surface area (Å²) in [6.07, 6.45) is 0. The van der Waals surface area contributed by atoms with E-state index in [1.165, 1.54) is 12.1 Å². The SMILES string of the molecule is [O-][P+]([O-])([O-])C(C(=S)Nc1ccccc1)[P+]([O-])(O)O. The zero-order chi connectivity index (χ0) is 14.0. The molecule has 1 unspecified atom stereocenters. The van der Waals surface area contributed by atoms with Crippen LogP contribution in [0.2, 0.25) is 0 Å². The van der Waals surface area contributed by atoms with Gasteiger partial charge >= 0.3 is 0 Å². The Morgan fingerprint density at radius 2 is 1.61 bits per heavy atom. The summed E-state index contributed by atoms with van der Waals surface area (Å²) in [5.41, 5.74) is 0.328. The molecule has 0 amide bonds. The average molecular weight is 309 g/mol. The molecule has 1 aromatic carbocycles. The average Bonchev–Trinajstić information content (AvgIpc) is 2.13. The standard InChI is InChI=1S/C8H11NO6P2S/c10-16(11,12)8(17(13,14)15)7(18)9-6-4-2-1-3-5-6/h1-5,8H,(H,9,18)(H2,10,11,12)(H2,13,14,15)/p-2. The zero-order valence-corrected chi connectivity index (χ0v) is 11.4. The van der Waals surface area contributed by atoms with Crippen molar-refractivity contribution in [3.05, 3.63) is 30.3 Å². The molecule has 1 rings (SSSR count). The fourth-order valence-electron chi connectivity index (χ4n) is 1.21. The molecule has 0 aromatic heterocycles. The van der Waals surface area contributed by atoms with Gasteiger partial charge in [-0.3, -0.25) is 0 Å². The molecule has 0 aliphatic carbocycles. The van der Waals surface area contributed by atoms with Gasteiger partial charge in [-0.25, -0.2) is 9.79 Å². The first-order valence-electron chi connectivity index (χ1n) is 4.55. The number of nitrogens with one attached hydrogen (secondary N) is 1. The van der Waals surface area contributed by atoms with Crippen molar-refractivity contribution in [2.75, 3.05) is 5.32 Å². The minimum atomic E-state index is -5.56. The molecule has 100 valence electrons. The number of benzene rings is 1. The summed E-state index contributed by atoms with van der Waals surface area (Å²) in [6.45, 7) is 0. The first-order valence-corrected chi connectivity index (χ1v) is 8.25. The molecule has 7 nitrogen and oxygen atoms in total. The molecule has 18 heavy (non-hydrogen) atoms. The quantitative estimate of drug-likeness (QED) is 0.416. The van der Waals surface area contributed by atoms with Gasteiger partial charge < -0.3 is 24.9 Å². The molecule has 0 bridgehead atoms. The van der Waals surface area contributed by atoms with Crippen molar-refractivity contribution >= 4 is 38.8 Å². The molecule has 1 aromatic rings. The van der Waals surface area contributed by atoms with E-state index in [0.29, 0.717) is 5.69 Å². The van der Waals surface area contributed by atoms with Crippen molar-refractivity contribution in [1.29, 1.82) is 0 Å². The molecule has 0 radical (unpaired) electrons. The van der Waals surface area contributed by atoms with Crippen LogP contribution in [-0.4, -0.2) is 20.2 Å². The smallest absolute Gasteiger partial charge is 0.276 e. The van der Waals surface area contributed by atoms with E-state index in [1.807, 2.05) is 0 Å². The minimum Gasteiger partial charge on any atom is -0.684 e. The summed E-state index contributed by atoms with van der Waals surface area (Å²) in [7, 11) is -10.7. The predicted molar refractivity (Wildman–Crippen MR) is 64.7 cm³/mol. The van der Waals surface area contributed by atoms with E-state index in [2.05, 4.69) is 17.5 Å². The van der Waals surface area contributed by atoms with Crippen LogP contribution in [0.15, 0.2) is 30.3 Å². The highest BCUT2D eigenvalue weighted by molar-refractivity contribution is 7.86. The highest BCUT2D eigenvalue weighted by Gasteiger charge is 2.44. The van der Waals surface area contributed by atoms with Gasteiger partial charge in [-0.15, -0.1) is 7.94 Å². The molecule has 0 aliphatic rings. The monoisotopic (exact) mass is 309 g/mol. The molecule has 0 saturated heterocycles. The Kier molecular flexibility index (Phi) is 5.08. The van der Waals surface area contributed by atoms with Crippen molar-refractivity contribution in [1.82, 2.24) is 0 Å². The first kappa shape index (κ1) is 15.8. The maximum atomic E-state index is 11.0. The number of anilines is 1. The van der Waals surface area contributed by atoms with Crippen LogP contribution in [0.3, 0.4) is 0 Å². The highest BCUT2D eigenvalue weighted by atomic mass is 32.1. The third kappa shape index (κ3) is 4.44. The molecular weight excluding hydrogens is 300 g/mol. The van der Waals surface area contributed by atoms with E-state index in [1.54, 1.807) is 18.2 Å². The Balaban J connectivity index is 2.92. The second-order valence-corrected chi connectivity index (χ2v) is 7.50. The maximum absolute atomic E-state index is 11.0. The summed E-state index contributed by atoms with van der Waals surface area (Å²) < 4.78 is 0. The maximum Gasteiger partial charge on any atom is 0.276 e. The molecule has 0 heterocycles. The fraction of sp³-hybridized carbons (Fsp3) is 0.125. The second-order valence-electron chi connectivity index (χ2n) is 3.36. The lowest BCUT2D eigenvalue weighted by Crippen LogP contribution is -2.48. The third-order valence-electron chi connectivity index (χ3n) is 1.89. The predicted octanol–water partition coefficient (Wildman–Crippen LogP) is -2.30.